The Hall–Kier alpha value is -2.45. The second-order valence-corrected chi connectivity index (χ2v) is 7.58. The number of halogens is 6. The summed E-state index contributed by atoms with van der Waals surface area (Å²) >= 11 is 12.2. The summed E-state index contributed by atoms with van der Waals surface area (Å²) in [5.41, 5.74) is -0.968. The highest BCUT2D eigenvalue weighted by Gasteiger charge is 2.26. The van der Waals surface area contributed by atoms with Gasteiger partial charge in [-0.25, -0.2) is 22.2 Å². The van der Waals surface area contributed by atoms with Crippen molar-refractivity contribution in [3.63, 3.8) is 0 Å². The summed E-state index contributed by atoms with van der Waals surface area (Å²) in [7, 11) is 0. The van der Waals surface area contributed by atoms with Crippen LogP contribution in [-0.4, -0.2) is 9.36 Å². The first kappa shape index (κ1) is 20.8. The van der Waals surface area contributed by atoms with E-state index in [9.17, 15) is 22.4 Å². The van der Waals surface area contributed by atoms with Gasteiger partial charge in [0.1, 0.15) is 17.6 Å². The molecule has 1 aromatic heterocycles. The molecule has 0 radical (unpaired) electrons. The lowest BCUT2D eigenvalue weighted by Gasteiger charge is -2.17. The number of rotatable bonds is 4. The third-order valence-corrected chi connectivity index (χ3v) is 5.54. The standard InChI is InChI=1S/C20H14Cl2F4N2O2/c21-12-5-10(9-23)6-15(26)18(12)30-16-7-11(13(24)8-14(16)25)17-19(22)27-3-1-2-4-28(27)20(17)29/h5-8H,1-4,9H2. The van der Waals surface area contributed by atoms with Crippen molar-refractivity contribution in [1.29, 1.82) is 0 Å². The molecular weight excluding hydrogens is 447 g/mol. The zero-order chi connectivity index (χ0) is 21.6. The molecule has 1 aliphatic rings. The predicted octanol–water partition coefficient (Wildman–Crippen LogP) is 6.10. The number of hydrogen-bond acceptors (Lipinski definition) is 2. The van der Waals surface area contributed by atoms with Crippen molar-refractivity contribution in [1.82, 2.24) is 9.36 Å². The lowest BCUT2D eigenvalue weighted by molar-refractivity contribution is 0.356. The van der Waals surface area contributed by atoms with E-state index in [1.165, 1.54) is 9.36 Å². The van der Waals surface area contributed by atoms with Crippen LogP contribution in [0.25, 0.3) is 11.1 Å². The Bertz CT molecular complexity index is 1180. The minimum Gasteiger partial charge on any atom is -0.450 e. The van der Waals surface area contributed by atoms with E-state index >= 15 is 0 Å². The van der Waals surface area contributed by atoms with Gasteiger partial charge in [-0.05, 0) is 36.6 Å². The van der Waals surface area contributed by atoms with Gasteiger partial charge in [-0.2, -0.15) is 0 Å². The highest BCUT2D eigenvalue weighted by Crippen LogP contribution is 2.38. The molecule has 0 N–H and O–H groups in total. The van der Waals surface area contributed by atoms with Crippen molar-refractivity contribution in [2.45, 2.75) is 32.6 Å². The highest BCUT2D eigenvalue weighted by atomic mass is 35.5. The van der Waals surface area contributed by atoms with E-state index in [1.807, 2.05) is 0 Å². The fourth-order valence-electron chi connectivity index (χ4n) is 3.45. The zero-order valence-electron chi connectivity index (χ0n) is 15.3. The molecular formula is C20H14Cl2F4N2O2. The maximum atomic E-state index is 14.6. The van der Waals surface area contributed by atoms with Crippen molar-refractivity contribution in [3.05, 3.63) is 67.8 Å². The SMILES string of the molecule is O=c1c(-c2cc(Oc3c(F)cc(CF)cc3Cl)c(F)cc2F)c(Cl)n2n1CCCC2. The normalized spacial score (nSPS) is 13.4. The molecule has 2 heterocycles. The van der Waals surface area contributed by atoms with Crippen LogP contribution in [0.5, 0.6) is 11.5 Å². The van der Waals surface area contributed by atoms with Crippen molar-refractivity contribution < 1.29 is 22.3 Å². The molecule has 3 aromatic rings. The van der Waals surface area contributed by atoms with E-state index in [-0.39, 0.29) is 26.9 Å². The average Bonchev–Trinajstić information content (AvgIpc) is 2.97. The van der Waals surface area contributed by atoms with Crippen LogP contribution in [0.2, 0.25) is 10.2 Å². The summed E-state index contributed by atoms with van der Waals surface area (Å²) in [6, 6.07) is 3.43. The smallest absolute Gasteiger partial charge is 0.276 e. The fraction of sp³-hybridized carbons (Fsp3) is 0.250. The first-order valence-electron chi connectivity index (χ1n) is 9.02. The molecule has 0 fully saturated rings. The number of nitrogens with zero attached hydrogens (tertiary/aromatic N) is 2. The minimum atomic E-state index is -1.14. The van der Waals surface area contributed by atoms with Crippen molar-refractivity contribution in [2.75, 3.05) is 0 Å². The average molecular weight is 461 g/mol. The maximum absolute atomic E-state index is 14.6. The fourth-order valence-corrected chi connectivity index (χ4v) is 4.08. The van der Waals surface area contributed by atoms with E-state index in [0.717, 1.165) is 31.0 Å². The van der Waals surface area contributed by atoms with Crippen LogP contribution in [0, 0.1) is 17.5 Å². The van der Waals surface area contributed by atoms with Crippen LogP contribution in [-0.2, 0) is 19.8 Å². The van der Waals surface area contributed by atoms with E-state index in [4.69, 9.17) is 27.9 Å². The second-order valence-electron chi connectivity index (χ2n) is 6.81. The van der Waals surface area contributed by atoms with Crippen LogP contribution in [0.1, 0.15) is 18.4 Å². The van der Waals surface area contributed by atoms with E-state index in [1.54, 1.807) is 0 Å². The molecule has 4 nitrogen and oxygen atoms in total. The Kier molecular flexibility index (Phi) is 5.55. The quantitative estimate of drug-likeness (QED) is 0.441. The first-order valence-corrected chi connectivity index (χ1v) is 9.77. The molecule has 30 heavy (non-hydrogen) atoms. The molecule has 0 aliphatic carbocycles. The summed E-state index contributed by atoms with van der Waals surface area (Å²) in [4.78, 5) is 12.8. The summed E-state index contributed by atoms with van der Waals surface area (Å²) in [5.74, 6) is -4.30. The van der Waals surface area contributed by atoms with Gasteiger partial charge in [0, 0.05) is 24.7 Å². The Morgan fingerprint density at radius 2 is 1.63 bits per heavy atom. The first-order chi connectivity index (χ1) is 14.3. The van der Waals surface area contributed by atoms with Crippen LogP contribution < -0.4 is 10.3 Å². The number of hydrogen-bond donors (Lipinski definition) is 0. The molecule has 1 aliphatic heterocycles. The molecule has 0 atom stereocenters. The lowest BCUT2D eigenvalue weighted by Crippen LogP contribution is -2.27. The summed E-state index contributed by atoms with van der Waals surface area (Å²) in [6.45, 7) is -0.0395. The largest absolute Gasteiger partial charge is 0.450 e. The van der Waals surface area contributed by atoms with Crippen molar-refractivity contribution in [3.8, 4) is 22.6 Å². The Morgan fingerprint density at radius 3 is 2.27 bits per heavy atom. The number of aromatic nitrogens is 2. The molecule has 0 amide bonds. The van der Waals surface area contributed by atoms with Gasteiger partial charge in [-0.3, -0.25) is 9.48 Å². The minimum absolute atomic E-state index is 0.0210. The summed E-state index contributed by atoms with van der Waals surface area (Å²) in [5, 5.41) is -0.266. The molecule has 0 spiro atoms. The van der Waals surface area contributed by atoms with Gasteiger partial charge in [-0.15, -0.1) is 0 Å². The van der Waals surface area contributed by atoms with Crippen molar-refractivity contribution in [2.24, 2.45) is 0 Å². The Morgan fingerprint density at radius 1 is 0.933 bits per heavy atom. The van der Waals surface area contributed by atoms with Crippen LogP contribution in [0.15, 0.2) is 29.1 Å². The molecule has 0 bridgehead atoms. The molecule has 10 heteroatoms. The van der Waals surface area contributed by atoms with E-state index < -0.39 is 41.2 Å². The Labute approximate surface area is 178 Å². The molecule has 4 rings (SSSR count). The summed E-state index contributed by atoms with van der Waals surface area (Å²) in [6.07, 6.45) is 1.58. The summed E-state index contributed by atoms with van der Waals surface area (Å²) < 4.78 is 64.1. The van der Waals surface area contributed by atoms with Gasteiger partial charge in [-0.1, -0.05) is 23.2 Å². The number of benzene rings is 2. The van der Waals surface area contributed by atoms with E-state index in [0.29, 0.717) is 19.2 Å². The third-order valence-electron chi connectivity index (χ3n) is 4.88. The van der Waals surface area contributed by atoms with Gasteiger partial charge >= 0.3 is 0 Å². The molecule has 158 valence electrons. The van der Waals surface area contributed by atoms with Crippen LogP contribution >= 0.6 is 23.2 Å². The zero-order valence-corrected chi connectivity index (χ0v) is 16.8. The molecule has 2 aromatic carbocycles. The number of alkyl halides is 1. The second kappa shape index (κ2) is 8.00. The van der Waals surface area contributed by atoms with Gasteiger partial charge in [0.25, 0.3) is 5.56 Å². The predicted molar refractivity (Wildman–Crippen MR) is 105 cm³/mol. The lowest BCUT2D eigenvalue weighted by atomic mass is 10.1. The third kappa shape index (κ3) is 3.48. The van der Waals surface area contributed by atoms with Gasteiger partial charge in [0.15, 0.2) is 23.1 Å². The Balaban J connectivity index is 1.82. The van der Waals surface area contributed by atoms with Crippen LogP contribution in [0.3, 0.4) is 0 Å². The van der Waals surface area contributed by atoms with Crippen LogP contribution in [0.4, 0.5) is 17.6 Å². The monoisotopic (exact) mass is 460 g/mol. The van der Waals surface area contributed by atoms with Gasteiger partial charge in [0.2, 0.25) is 0 Å². The topological polar surface area (TPSA) is 36.2 Å². The number of fused-ring (bicyclic) bond motifs is 1. The van der Waals surface area contributed by atoms with Gasteiger partial charge < -0.3 is 4.74 Å². The highest BCUT2D eigenvalue weighted by molar-refractivity contribution is 6.32. The van der Waals surface area contributed by atoms with Gasteiger partial charge in [0.05, 0.1) is 10.6 Å². The maximum Gasteiger partial charge on any atom is 0.276 e. The van der Waals surface area contributed by atoms with Crippen molar-refractivity contribution >= 4 is 23.2 Å². The molecule has 0 unspecified atom stereocenters. The molecule has 0 saturated heterocycles. The van der Waals surface area contributed by atoms with E-state index in [2.05, 4.69) is 0 Å². The molecule has 0 saturated carbocycles. The number of ether oxygens (including phenoxy) is 1.